The molecule has 4 aromatic rings. The summed E-state index contributed by atoms with van der Waals surface area (Å²) in [7, 11) is 1.73. The molecule has 0 amide bonds. The van der Waals surface area contributed by atoms with Gasteiger partial charge in [-0.1, -0.05) is 16.8 Å². The molecule has 2 heterocycles. The van der Waals surface area contributed by atoms with Crippen LogP contribution in [0.3, 0.4) is 0 Å². The summed E-state index contributed by atoms with van der Waals surface area (Å²) in [6.45, 7) is 1.70. The molecule has 0 atom stereocenters. The van der Waals surface area contributed by atoms with Gasteiger partial charge >= 0.3 is 0 Å². The van der Waals surface area contributed by atoms with E-state index in [4.69, 9.17) is 16.1 Å². The second-order valence-corrected chi connectivity index (χ2v) is 6.13. The third-order valence-corrected chi connectivity index (χ3v) is 4.27. The zero-order valence-corrected chi connectivity index (χ0v) is 14.3. The van der Waals surface area contributed by atoms with Crippen LogP contribution >= 0.6 is 11.6 Å². The molecule has 0 saturated carbocycles. The maximum Gasteiger partial charge on any atom is 0.272 e. The summed E-state index contributed by atoms with van der Waals surface area (Å²) in [5.74, 6) is 0.872. The number of aryl methyl sites for hydroxylation is 2. The molecule has 0 spiro atoms. The minimum atomic E-state index is -0.107. The van der Waals surface area contributed by atoms with Crippen LogP contribution in [0, 0.1) is 6.92 Å². The maximum atomic E-state index is 12.0. The van der Waals surface area contributed by atoms with Gasteiger partial charge in [-0.3, -0.25) is 4.79 Å². The molecule has 7 heteroatoms. The van der Waals surface area contributed by atoms with Crippen LogP contribution in [0.25, 0.3) is 33.9 Å². The SMILES string of the molecule is Cc1nc2cc(-c3noc(-c4ccc(Cl)cc4)n3)ccc2n(C)c1=O. The molecule has 2 aromatic carbocycles. The van der Waals surface area contributed by atoms with E-state index in [2.05, 4.69) is 15.1 Å². The van der Waals surface area contributed by atoms with Gasteiger partial charge in [0.2, 0.25) is 5.82 Å². The topological polar surface area (TPSA) is 73.8 Å². The molecule has 0 aliphatic carbocycles. The Bertz CT molecular complexity index is 1150. The van der Waals surface area contributed by atoms with E-state index in [0.717, 1.165) is 16.6 Å². The Labute approximate surface area is 147 Å². The number of nitrogens with zero attached hydrogens (tertiary/aromatic N) is 4. The lowest BCUT2D eigenvalue weighted by Crippen LogP contribution is -2.20. The molecule has 0 N–H and O–H groups in total. The van der Waals surface area contributed by atoms with Crippen LogP contribution in [0.15, 0.2) is 51.8 Å². The number of fused-ring (bicyclic) bond motifs is 1. The Morgan fingerprint density at radius 2 is 1.76 bits per heavy atom. The summed E-state index contributed by atoms with van der Waals surface area (Å²) in [4.78, 5) is 20.8. The standard InChI is InChI=1S/C18H13ClN4O2/c1-10-18(24)23(2)15-8-5-12(9-14(15)20-10)16-21-17(25-22-16)11-3-6-13(19)7-4-11/h3-9H,1-2H3. The number of aromatic nitrogens is 4. The number of benzene rings is 2. The molecule has 6 nitrogen and oxygen atoms in total. The number of hydrogen-bond acceptors (Lipinski definition) is 5. The van der Waals surface area contributed by atoms with Crippen LogP contribution in [-0.4, -0.2) is 19.7 Å². The molecular weight excluding hydrogens is 340 g/mol. The smallest absolute Gasteiger partial charge is 0.272 e. The fourth-order valence-electron chi connectivity index (χ4n) is 2.67. The van der Waals surface area contributed by atoms with E-state index in [-0.39, 0.29) is 5.56 Å². The molecule has 0 aliphatic heterocycles. The molecule has 4 rings (SSSR count). The summed E-state index contributed by atoms with van der Waals surface area (Å²) >= 11 is 5.89. The summed E-state index contributed by atoms with van der Waals surface area (Å²) < 4.78 is 6.92. The van der Waals surface area contributed by atoms with Gasteiger partial charge in [0.1, 0.15) is 5.69 Å². The van der Waals surface area contributed by atoms with Crippen molar-refractivity contribution in [2.24, 2.45) is 7.05 Å². The zero-order valence-electron chi connectivity index (χ0n) is 13.5. The third-order valence-electron chi connectivity index (χ3n) is 4.01. The van der Waals surface area contributed by atoms with Crippen LogP contribution in [0.1, 0.15) is 5.69 Å². The maximum absolute atomic E-state index is 12.0. The van der Waals surface area contributed by atoms with Gasteiger partial charge in [0.05, 0.1) is 11.0 Å². The number of halogens is 1. The van der Waals surface area contributed by atoms with Crippen molar-refractivity contribution in [3.8, 4) is 22.8 Å². The molecule has 0 bridgehead atoms. The predicted molar refractivity (Wildman–Crippen MR) is 95.5 cm³/mol. The Morgan fingerprint density at radius 1 is 1.04 bits per heavy atom. The molecule has 0 fully saturated rings. The van der Waals surface area contributed by atoms with Crippen molar-refractivity contribution in [3.63, 3.8) is 0 Å². The first kappa shape index (κ1) is 15.5. The van der Waals surface area contributed by atoms with E-state index >= 15 is 0 Å². The monoisotopic (exact) mass is 352 g/mol. The van der Waals surface area contributed by atoms with E-state index in [0.29, 0.717) is 27.9 Å². The minimum absolute atomic E-state index is 0.107. The van der Waals surface area contributed by atoms with Crippen molar-refractivity contribution >= 4 is 22.6 Å². The van der Waals surface area contributed by atoms with Crippen molar-refractivity contribution in [1.29, 1.82) is 0 Å². The average Bonchev–Trinajstić information content (AvgIpc) is 3.10. The third kappa shape index (κ3) is 2.70. The highest BCUT2D eigenvalue weighted by Crippen LogP contribution is 2.25. The highest BCUT2D eigenvalue weighted by atomic mass is 35.5. The minimum Gasteiger partial charge on any atom is -0.334 e. The Kier molecular flexibility index (Phi) is 3.62. The zero-order chi connectivity index (χ0) is 17.6. The fraction of sp³-hybridized carbons (Fsp3) is 0.111. The van der Waals surface area contributed by atoms with E-state index in [1.54, 1.807) is 30.7 Å². The van der Waals surface area contributed by atoms with Gasteiger partial charge in [-0.2, -0.15) is 4.98 Å². The first-order valence-electron chi connectivity index (χ1n) is 7.60. The number of hydrogen-bond donors (Lipinski definition) is 0. The highest BCUT2D eigenvalue weighted by molar-refractivity contribution is 6.30. The molecule has 0 unspecified atom stereocenters. The van der Waals surface area contributed by atoms with E-state index < -0.39 is 0 Å². The van der Waals surface area contributed by atoms with Crippen LogP contribution in [-0.2, 0) is 7.05 Å². The van der Waals surface area contributed by atoms with Crippen molar-refractivity contribution < 1.29 is 4.52 Å². The second kappa shape index (κ2) is 5.82. The van der Waals surface area contributed by atoms with Crippen LogP contribution < -0.4 is 5.56 Å². The fourth-order valence-corrected chi connectivity index (χ4v) is 2.79. The molecule has 0 saturated heterocycles. The van der Waals surface area contributed by atoms with Crippen LogP contribution in [0.5, 0.6) is 0 Å². The van der Waals surface area contributed by atoms with Crippen LogP contribution in [0.2, 0.25) is 5.02 Å². The summed E-state index contributed by atoms with van der Waals surface area (Å²) in [6.07, 6.45) is 0. The lowest BCUT2D eigenvalue weighted by Gasteiger charge is -2.06. The average molecular weight is 353 g/mol. The van der Waals surface area contributed by atoms with Crippen molar-refractivity contribution in [2.45, 2.75) is 6.92 Å². The van der Waals surface area contributed by atoms with Gasteiger partial charge in [-0.15, -0.1) is 0 Å². The largest absolute Gasteiger partial charge is 0.334 e. The van der Waals surface area contributed by atoms with Gasteiger partial charge in [0, 0.05) is 23.2 Å². The molecule has 0 aliphatic rings. The summed E-state index contributed by atoms with van der Waals surface area (Å²) in [6, 6.07) is 12.7. The Hall–Kier alpha value is -2.99. The summed E-state index contributed by atoms with van der Waals surface area (Å²) in [5, 5.41) is 4.68. The first-order chi connectivity index (χ1) is 12.0. The predicted octanol–water partition coefficient (Wildman–Crippen LogP) is 3.61. The Balaban J connectivity index is 1.79. The van der Waals surface area contributed by atoms with Gasteiger partial charge in [-0.25, -0.2) is 4.98 Å². The van der Waals surface area contributed by atoms with Gasteiger partial charge in [0.25, 0.3) is 11.4 Å². The van der Waals surface area contributed by atoms with Crippen molar-refractivity contribution in [2.75, 3.05) is 0 Å². The highest BCUT2D eigenvalue weighted by Gasteiger charge is 2.13. The molecule has 124 valence electrons. The van der Waals surface area contributed by atoms with Crippen molar-refractivity contribution in [1.82, 2.24) is 19.7 Å². The Morgan fingerprint density at radius 3 is 2.52 bits per heavy atom. The number of rotatable bonds is 2. The lowest BCUT2D eigenvalue weighted by atomic mass is 10.1. The van der Waals surface area contributed by atoms with Gasteiger partial charge in [0.15, 0.2) is 0 Å². The normalized spacial score (nSPS) is 11.2. The van der Waals surface area contributed by atoms with Gasteiger partial charge in [-0.05, 0) is 49.4 Å². The second-order valence-electron chi connectivity index (χ2n) is 5.69. The molecule has 0 radical (unpaired) electrons. The quantitative estimate of drug-likeness (QED) is 0.551. The lowest BCUT2D eigenvalue weighted by molar-refractivity contribution is 0.432. The van der Waals surface area contributed by atoms with E-state index in [9.17, 15) is 4.79 Å². The van der Waals surface area contributed by atoms with E-state index in [1.165, 1.54) is 0 Å². The molecular formula is C18H13ClN4O2. The molecule has 2 aromatic heterocycles. The van der Waals surface area contributed by atoms with E-state index in [1.807, 2.05) is 30.3 Å². The molecule has 25 heavy (non-hydrogen) atoms. The van der Waals surface area contributed by atoms with Crippen molar-refractivity contribution in [3.05, 3.63) is 63.5 Å². The first-order valence-corrected chi connectivity index (χ1v) is 7.98. The summed E-state index contributed by atoms with van der Waals surface area (Å²) in [5.41, 5.74) is 3.35. The van der Waals surface area contributed by atoms with Gasteiger partial charge < -0.3 is 9.09 Å². The van der Waals surface area contributed by atoms with Crippen LogP contribution in [0.4, 0.5) is 0 Å².